The SMILES string of the molecule is Cc1cccc(C(O)C(=O)NC2C(=O)N3C(C(=O)O)=C(C(CCC(=O)O)Sc4ccc5n[nH]c(=O)n5n4)CS[C@@H]23)c1. The van der Waals surface area contributed by atoms with Crippen molar-refractivity contribution in [1.29, 1.82) is 0 Å². The molecule has 4 heterocycles. The van der Waals surface area contributed by atoms with Gasteiger partial charge in [-0.2, -0.15) is 14.7 Å². The van der Waals surface area contributed by atoms with Gasteiger partial charge in [0.1, 0.15) is 22.1 Å². The Morgan fingerprint density at radius 3 is 2.71 bits per heavy atom. The van der Waals surface area contributed by atoms with Gasteiger partial charge < -0.3 is 20.6 Å². The van der Waals surface area contributed by atoms with E-state index >= 15 is 0 Å². The standard InChI is InChI=1S/C25H24N6O8S2/c1-11-3-2-4-12(9-11)20(34)21(35)26-18-22(36)30-19(24(37)38)13(10-40-23(18)30)14(5-8-17(32)33)41-16-7-6-15-27-28-25(39)31(15)29-16/h2-4,6-7,9,14,18,20,23,34H,5,8,10H2,1H3,(H,26,35)(H,28,39)(H,32,33)(H,37,38)/t14?,18?,20?,23-/m0/s1. The Kier molecular flexibility index (Phi) is 7.88. The fourth-order valence-corrected chi connectivity index (χ4v) is 7.34. The minimum atomic E-state index is -1.51. The Hall–Kier alpha value is -4.15. The molecule has 0 radical (unpaired) electrons. The number of fused-ring (bicyclic) bond motifs is 2. The maximum Gasteiger partial charge on any atom is 0.364 e. The number of aryl methyl sites for hydroxylation is 1. The van der Waals surface area contributed by atoms with Gasteiger partial charge in [0, 0.05) is 17.4 Å². The average molecular weight is 601 g/mol. The lowest BCUT2D eigenvalue weighted by molar-refractivity contribution is -0.151. The maximum atomic E-state index is 13.2. The molecule has 2 aliphatic heterocycles. The van der Waals surface area contributed by atoms with E-state index in [0.717, 1.165) is 26.7 Å². The van der Waals surface area contributed by atoms with E-state index in [1.165, 1.54) is 17.8 Å². The van der Waals surface area contributed by atoms with Crippen LogP contribution in [0.15, 0.2) is 57.5 Å². The number of amides is 2. The van der Waals surface area contributed by atoms with Gasteiger partial charge >= 0.3 is 17.6 Å². The first-order valence-corrected chi connectivity index (χ1v) is 14.3. The quantitative estimate of drug-likeness (QED) is 0.159. The van der Waals surface area contributed by atoms with Crippen LogP contribution in [0.3, 0.4) is 0 Å². The van der Waals surface area contributed by atoms with E-state index in [-0.39, 0.29) is 29.9 Å². The van der Waals surface area contributed by atoms with E-state index in [1.54, 1.807) is 24.3 Å². The topological polar surface area (TPSA) is 207 Å². The first kappa shape index (κ1) is 28.4. The van der Waals surface area contributed by atoms with E-state index < -0.39 is 52.2 Å². The van der Waals surface area contributed by atoms with Crippen LogP contribution in [-0.4, -0.2) is 86.2 Å². The van der Waals surface area contributed by atoms with Crippen LogP contribution in [0.4, 0.5) is 0 Å². The molecule has 3 aromatic rings. The lowest BCUT2D eigenvalue weighted by Crippen LogP contribution is -2.71. The van der Waals surface area contributed by atoms with Crippen molar-refractivity contribution in [3.8, 4) is 0 Å². The van der Waals surface area contributed by atoms with Crippen molar-refractivity contribution in [3.63, 3.8) is 0 Å². The van der Waals surface area contributed by atoms with E-state index in [1.807, 2.05) is 13.0 Å². The molecule has 14 nitrogen and oxygen atoms in total. The van der Waals surface area contributed by atoms with Gasteiger partial charge in [-0.3, -0.25) is 19.3 Å². The molecule has 0 saturated carbocycles. The molecule has 2 aromatic heterocycles. The number of thioether (sulfide) groups is 2. The maximum absolute atomic E-state index is 13.2. The number of nitrogens with one attached hydrogen (secondary N) is 2. The number of hydrogen-bond donors (Lipinski definition) is 5. The van der Waals surface area contributed by atoms with Crippen molar-refractivity contribution in [3.05, 3.63) is 69.3 Å². The van der Waals surface area contributed by atoms with E-state index in [0.29, 0.717) is 16.2 Å². The molecule has 5 rings (SSSR count). The zero-order chi connectivity index (χ0) is 29.4. The summed E-state index contributed by atoms with van der Waals surface area (Å²) in [5.41, 5.74) is 0.942. The number of H-pyrrole nitrogens is 1. The summed E-state index contributed by atoms with van der Waals surface area (Å²) in [7, 11) is 0. The van der Waals surface area contributed by atoms with E-state index in [9.17, 15) is 39.3 Å². The molecule has 1 aromatic carbocycles. The van der Waals surface area contributed by atoms with Gasteiger partial charge in [0.15, 0.2) is 11.8 Å². The van der Waals surface area contributed by atoms with Crippen molar-refractivity contribution in [2.24, 2.45) is 0 Å². The minimum Gasteiger partial charge on any atom is -0.481 e. The fraction of sp³-hybridized carbons (Fsp3) is 0.320. The molecule has 1 saturated heterocycles. The number of aliphatic hydroxyl groups is 1. The molecule has 0 bridgehead atoms. The van der Waals surface area contributed by atoms with Gasteiger partial charge in [-0.1, -0.05) is 41.6 Å². The summed E-state index contributed by atoms with van der Waals surface area (Å²) in [6.45, 7) is 1.81. The lowest BCUT2D eigenvalue weighted by atomic mass is 9.99. The highest BCUT2D eigenvalue weighted by Gasteiger charge is 2.55. The summed E-state index contributed by atoms with van der Waals surface area (Å²) in [4.78, 5) is 62.8. The van der Waals surface area contributed by atoms with Gasteiger partial charge in [0.2, 0.25) is 0 Å². The Bertz CT molecular complexity index is 1650. The van der Waals surface area contributed by atoms with Crippen LogP contribution in [0.25, 0.3) is 5.65 Å². The molecule has 0 aliphatic carbocycles. The number of benzene rings is 1. The van der Waals surface area contributed by atoms with Gasteiger partial charge in [-0.05, 0) is 36.6 Å². The predicted molar refractivity (Wildman–Crippen MR) is 146 cm³/mol. The molecule has 0 spiro atoms. The molecule has 2 aliphatic rings. The molecule has 1 fully saturated rings. The monoisotopic (exact) mass is 600 g/mol. The molecule has 41 heavy (non-hydrogen) atoms. The van der Waals surface area contributed by atoms with Crippen LogP contribution in [0.5, 0.6) is 0 Å². The van der Waals surface area contributed by atoms with E-state index in [2.05, 4.69) is 20.6 Å². The van der Waals surface area contributed by atoms with Crippen LogP contribution < -0.4 is 11.0 Å². The second kappa shape index (κ2) is 11.4. The van der Waals surface area contributed by atoms with E-state index in [4.69, 9.17) is 0 Å². The van der Waals surface area contributed by atoms with Crippen molar-refractivity contribution >= 4 is 52.9 Å². The smallest absolute Gasteiger partial charge is 0.364 e. The first-order valence-electron chi connectivity index (χ1n) is 12.3. The first-order chi connectivity index (χ1) is 19.5. The summed E-state index contributed by atoms with van der Waals surface area (Å²) in [5, 5.41) is 41.7. The summed E-state index contributed by atoms with van der Waals surface area (Å²) in [5.74, 6) is -3.77. The number of aliphatic carboxylic acids is 2. The van der Waals surface area contributed by atoms with Crippen molar-refractivity contribution in [2.75, 3.05) is 5.75 Å². The Morgan fingerprint density at radius 2 is 2.00 bits per heavy atom. The highest BCUT2D eigenvalue weighted by Crippen LogP contribution is 2.44. The van der Waals surface area contributed by atoms with Crippen molar-refractivity contribution in [2.45, 2.75) is 47.6 Å². The molecule has 2 amide bonds. The van der Waals surface area contributed by atoms with Crippen LogP contribution in [0.2, 0.25) is 0 Å². The number of hydrogen-bond acceptors (Lipinski definition) is 10. The molecule has 16 heteroatoms. The third kappa shape index (κ3) is 5.57. The largest absolute Gasteiger partial charge is 0.481 e. The number of aromatic nitrogens is 4. The van der Waals surface area contributed by atoms with Crippen LogP contribution >= 0.6 is 23.5 Å². The molecule has 214 valence electrons. The number of nitrogens with zero attached hydrogens (tertiary/aromatic N) is 4. The number of carbonyl (C=O) groups excluding carboxylic acids is 2. The average Bonchev–Trinajstić information content (AvgIpc) is 3.32. The second-order valence-corrected chi connectivity index (χ2v) is 11.7. The summed E-state index contributed by atoms with van der Waals surface area (Å²) < 4.78 is 1.03. The molecule has 5 N–H and O–H groups in total. The number of carbonyl (C=O) groups is 4. The Balaban J connectivity index is 1.39. The highest BCUT2D eigenvalue weighted by molar-refractivity contribution is 8.01. The molecular formula is C25H24N6O8S2. The zero-order valence-electron chi connectivity index (χ0n) is 21.4. The minimum absolute atomic E-state index is 0.0300. The normalized spacial score (nSPS) is 19.9. The Morgan fingerprint density at radius 1 is 1.22 bits per heavy atom. The van der Waals surface area contributed by atoms with Gasteiger partial charge in [0.05, 0.1) is 0 Å². The fourth-order valence-electron chi connectivity index (χ4n) is 4.67. The summed E-state index contributed by atoms with van der Waals surface area (Å²) >= 11 is 2.30. The zero-order valence-corrected chi connectivity index (χ0v) is 23.0. The van der Waals surface area contributed by atoms with Gasteiger partial charge in [-0.25, -0.2) is 14.7 Å². The van der Waals surface area contributed by atoms with Crippen LogP contribution in [0.1, 0.15) is 30.1 Å². The van der Waals surface area contributed by atoms with Crippen LogP contribution in [-0.2, 0) is 19.2 Å². The predicted octanol–water partition coefficient (Wildman–Crippen LogP) is 0.524. The lowest BCUT2D eigenvalue weighted by Gasteiger charge is -2.50. The third-order valence-electron chi connectivity index (χ3n) is 6.63. The third-order valence-corrected chi connectivity index (χ3v) is 9.19. The Labute approximate surface area is 239 Å². The summed E-state index contributed by atoms with van der Waals surface area (Å²) in [6.07, 6.45) is -1.76. The van der Waals surface area contributed by atoms with Gasteiger partial charge in [0.25, 0.3) is 11.8 Å². The number of β-lactam (4-membered cyclic amide) rings is 1. The number of aliphatic hydroxyl groups excluding tert-OH is 1. The molecular weight excluding hydrogens is 576 g/mol. The second-order valence-electron chi connectivity index (χ2n) is 9.40. The van der Waals surface area contributed by atoms with Crippen LogP contribution in [0, 0.1) is 6.92 Å². The van der Waals surface area contributed by atoms with Crippen molar-refractivity contribution in [1.82, 2.24) is 30.0 Å². The van der Waals surface area contributed by atoms with Crippen molar-refractivity contribution < 1.29 is 34.5 Å². The van der Waals surface area contributed by atoms with Gasteiger partial charge in [-0.15, -0.1) is 11.8 Å². The summed E-state index contributed by atoms with van der Waals surface area (Å²) in [6, 6.07) is 8.81. The molecule has 4 atom stereocenters. The number of aromatic amines is 1. The number of rotatable bonds is 10. The highest BCUT2D eigenvalue weighted by atomic mass is 32.2. The number of carboxylic acids is 2. The molecule has 3 unspecified atom stereocenters. The number of carboxylic acid groups (broad SMARTS) is 2.